The molecular formula is C12H14N2O3S. The minimum atomic E-state index is -0.485. The molecule has 2 aromatic rings. The highest BCUT2D eigenvalue weighted by atomic mass is 32.1. The van der Waals surface area contributed by atoms with Crippen molar-refractivity contribution in [2.45, 2.75) is 13.8 Å². The van der Waals surface area contributed by atoms with Crippen LogP contribution in [0.15, 0.2) is 18.2 Å². The number of amides is 1. The van der Waals surface area contributed by atoms with Gasteiger partial charge in [-0.1, -0.05) is 11.3 Å². The van der Waals surface area contributed by atoms with Crippen molar-refractivity contribution in [1.82, 2.24) is 4.98 Å². The van der Waals surface area contributed by atoms with Gasteiger partial charge in [-0.05, 0) is 26.0 Å². The molecule has 0 fully saturated rings. The van der Waals surface area contributed by atoms with E-state index in [1.807, 2.05) is 25.1 Å². The predicted octanol–water partition coefficient (Wildman–Crippen LogP) is 3.26. The fourth-order valence-electron chi connectivity index (χ4n) is 1.47. The molecule has 0 saturated carbocycles. The lowest BCUT2D eigenvalue weighted by Gasteiger charge is -2.00. The molecule has 1 amide bonds. The number of ether oxygens (including phenoxy) is 2. The average Bonchev–Trinajstić information content (AvgIpc) is 2.71. The summed E-state index contributed by atoms with van der Waals surface area (Å²) in [4.78, 5) is 15.6. The van der Waals surface area contributed by atoms with Gasteiger partial charge in [-0.2, -0.15) is 0 Å². The van der Waals surface area contributed by atoms with E-state index in [1.165, 1.54) is 11.3 Å². The Bertz CT molecular complexity index is 553. The van der Waals surface area contributed by atoms with Crippen LogP contribution in [0.3, 0.4) is 0 Å². The summed E-state index contributed by atoms with van der Waals surface area (Å²) in [7, 11) is 0. The van der Waals surface area contributed by atoms with Crippen molar-refractivity contribution in [2.24, 2.45) is 0 Å². The highest BCUT2D eigenvalue weighted by Gasteiger charge is 2.08. The van der Waals surface area contributed by atoms with Crippen molar-refractivity contribution >= 4 is 32.8 Å². The molecule has 1 heterocycles. The molecule has 0 aliphatic heterocycles. The molecule has 0 saturated heterocycles. The maximum Gasteiger partial charge on any atom is 0.413 e. The van der Waals surface area contributed by atoms with Gasteiger partial charge < -0.3 is 9.47 Å². The molecule has 18 heavy (non-hydrogen) atoms. The second-order valence-electron chi connectivity index (χ2n) is 3.43. The zero-order valence-electron chi connectivity index (χ0n) is 10.2. The normalized spacial score (nSPS) is 10.3. The Morgan fingerprint density at radius 2 is 2.22 bits per heavy atom. The van der Waals surface area contributed by atoms with Gasteiger partial charge >= 0.3 is 6.09 Å². The number of nitrogens with zero attached hydrogens (tertiary/aromatic N) is 1. The Labute approximate surface area is 109 Å². The summed E-state index contributed by atoms with van der Waals surface area (Å²) >= 11 is 1.40. The van der Waals surface area contributed by atoms with E-state index in [0.717, 1.165) is 16.0 Å². The summed E-state index contributed by atoms with van der Waals surface area (Å²) in [6.45, 7) is 4.64. The summed E-state index contributed by atoms with van der Waals surface area (Å²) in [6.07, 6.45) is -0.485. The molecule has 0 bridgehead atoms. The van der Waals surface area contributed by atoms with Gasteiger partial charge in [0.25, 0.3) is 0 Å². The molecule has 0 radical (unpaired) electrons. The molecule has 5 nitrogen and oxygen atoms in total. The first-order chi connectivity index (χ1) is 8.72. The van der Waals surface area contributed by atoms with Gasteiger partial charge in [-0.3, -0.25) is 5.32 Å². The van der Waals surface area contributed by atoms with E-state index in [-0.39, 0.29) is 0 Å². The standard InChI is InChI=1S/C12H14N2O3S/c1-3-16-8-5-6-10-9(7-8)13-11(18-10)14-12(15)17-4-2/h5-7H,3-4H2,1-2H3,(H,13,14,15). The number of hydrogen-bond acceptors (Lipinski definition) is 5. The molecule has 0 aliphatic rings. The third-order valence-electron chi connectivity index (χ3n) is 2.15. The SMILES string of the molecule is CCOC(=O)Nc1nc2cc(OCC)ccc2s1. The van der Waals surface area contributed by atoms with E-state index < -0.39 is 6.09 Å². The first kappa shape index (κ1) is 12.6. The lowest BCUT2D eigenvalue weighted by Crippen LogP contribution is -2.12. The van der Waals surface area contributed by atoms with E-state index >= 15 is 0 Å². The van der Waals surface area contributed by atoms with E-state index in [0.29, 0.717) is 18.3 Å². The molecule has 1 aromatic heterocycles. The van der Waals surface area contributed by atoms with Crippen molar-refractivity contribution < 1.29 is 14.3 Å². The Kier molecular flexibility index (Phi) is 3.99. The van der Waals surface area contributed by atoms with Gasteiger partial charge in [0, 0.05) is 6.07 Å². The number of carbonyl (C=O) groups is 1. The number of fused-ring (bicyclic) bond motifs is 1. The van der Waals surface area contributed by atoms with Crippen LogP contribution in [0.1, 0.15) is 13.8 Å². The number of benzene rings is 1. The van der Waals surface area contributed by atoms with Crippen molar-refractivity contribution in [2.75, 3.05) is 18.5 Å². The number of anilines is 1. The van der Waals surface area contributed by atoms with Crippen molar-refractivity contribution in [3.63, 3.8) is 0 Å². The Hall–Kier alpha value is -1.82. The summed E-state index contributed by atoms with van der Waals surface area (Å²) in [5, 5.41) is 3.11. The number of nitrogens with one attached hydrogen (secondary N) is 1. The Balaban J connectivity index is 2.19. The molecule has 96 valence electrons. The number of carbonyl (C=O) groups excluding carboxylic acids is 1. The van der Waals surface area contributed by atoms with Crippen LogP contribution in [0.25, 0.3) is 10.2 Å². The molecule has 2 rings (SSSR count). The molecular weight excluding hydrogens is 252 g/mol. The minimum Gasteiger partial charge on any atom is -0.494 e. The van der Waals surface area contributed by atoms with E-state index in [9.17, 15) is 4.79 Å². The lowest BCUT2D eigenvalue weighted by atomic mass is 10.3. The third-order valence-corrected chi connectivity index (χ3v) is 3.11. The van der Waals surface area contributed by atoms with Crippen molar-refractivity contribution in [3.05, 3.63) is 18.2 Å². The summed E-state index contributed by atoms with van der Waals surface area (Å²) < 4.78 is 11.2. The topological polar surface area (TPSA) is 60.5 Å². The smallest absolute Gasteiger partial charge is 0.413 e. The summed E-state index contributed by atoms with van der Waals surface area (Å²) in [5.74, 6) is 0.776. The molecule has 0 spiro atoms. The summed E-state index contributed by atoms with van der Waals surface area (Å²) in [6, 6.07) is 5.66. The largest absolute Gasteiger partial charge is 0.494 e. The van der Waals surface area contributed by atoms with Gasteiger partial charge in [0.05, 0.1) is 23.4 Å². The van der Waals surface area contributed by atoms with Gasteiger partial charge in [-0.15, -0.1) is 0 Å². The average molecular weight is 266 g/mol. The third kappa shape index (κ3) is 2.89. The van der Waals surface area contributed by atoms with Gasteiger partial charge in [0.15, 0.2) is 5.13 Å². The quantitative estimate of drug-likeness (QED) is 0.922. The second-order valence-corrected chi connectivity index (χ2v) is 4.46. The Morgan fingerprint density at radius 3 is 2.94 bits per heavy atom. The fraction of sp³-hybridized carbons (Fsp3) is 0.333. The lowest BCUT2D eigenvalue weighted by molar-refractivity contribution is 0.168. The maximum atomic E-state index is 11.3. The molecule has 6 heteroatoms. The predicted molar refractivity (Wildman–Crippen MR) is 71.4 cm³/mol. The van der Waals surface area contributed by atoms with Gasteiger partial charge in [0.1, 0.15) is 5.75 Å². The molecule has 1 N–H and O–H groups in total. The molecule has 0 unspecified atom stereocenters. The van der Waals surface area contributed by atoms with Crippen LogP contribution >= 0.6 is 11.3 Å². The van der Waals surface area contributed by atoms with E-state index in [4.69, 9.17) is 9.47 Å². The van der Waals surface area contributed by atoms with Crippen LogP contribution in [-0.4, -0.2) is 24.3 Å². The highest BCUT2D eigenvalue weighted by Crippen LogP contribution is 2.28. The van der Waals surface area contributed by atoms with E-state index in [2.05, 4.69) is 10.3 Å². The monoisotopic (exact) mass is 266 g/mol. The van der Waals surface area contributed by atoms with Crippen molar-refractivity contribution in [1.29, 1.82) is 0 Å². The van der Waals surface area contributed by atoms with Crippen molar-refractivity contribution in [3.8, 4) is 5.75 Å². The number of hydrogen-bond donors (Lipinski definition) is 1. The second kappa shape index (κ2) is 5.68. The zero-order valence-corrected chi connectivity index (χ0v) is 11.0. The van der Waals surface area contributed by atoms with Crippen LogP contribution < -0.4 is 10.1 Å². The van der Waals surface area contributed by atoms with Crippen LogP contribution in [0.5, 0.6) is 5.75 Å². The van der Waals surface area contributed by atoms with Gasteiger partial charge in [-0.25, -0.2) is 9.78 Å². The van der Waals surface area contributed by atoms with Crippen LogP contribution in [-0.2, 0) is 4.74 Å². The van der Waals surface area contributed by atoms with Crippen LogP contribution in [0.4, 0.5) is 9.93 Å². The number of aromatic nitrogens is 1. The minimum absolute atomic E-state index is 0.339. The highest BCUT2D eigenvalue weighted by molar-refractivity contribution is 7.22. The number of thiazole rings is 1. The Morgan fingerprint density at radius 1 is 1.39 bits per heavy atom. The van der Waals surface area contributed by atoms with E-state index in [1.54, 1.807) is 6.92 Å². The number of rotatable bonds is 4. The van der Waals surface area contributed by atoms with Gasteiger partial charge in [0.2, 0.25) is 0 Å². The summed E-state index contributed by atoms with van der Waals surface area (Å²) in [5.41, 5.74) is 0.803. The molecule has 0 aliphatic carbocycles. The van der Waals surface area contributed by atoms with Crippen LogP contribution in [0.2, 0.25) is 0 Å². The van der Waals surface area contributed by atoms with Crippen LogP contribution in [0, 0.1) is 0 Å². The molecule has 0 atom stereocenters. The first-order valence-electron chi connectivity index (χ1n) is 5.70. The maximum absolute atomic E-state index is 11.3. The fourth-order valence-corrected chi connectivity index (χ4v) is 2.30. The zero-order chi connectivity index (χ0) is 13.0. The first-order valence-corrected chi connectivity index (χ1v) is 6.51. The molecule has 1 aromatic carbocycles.